The van der Waals surface area contributed by atoms with Crippen LogP contribution < -0.4 is 0 Å². The van der Waals surface area contributed by atoms with Crippen molar-refractivity contribution >= 4 is 11.9 Å². The van der Waals surface area contributed by atoms with Gasteiger partial charge in [-0.2, -0.15) is 0 Å². The highest BCUT2D eigenvalue weighted by molar-refractivity contribution is 5.69. The maximum Gasteiger partial charge on any atom is 0.306 e. The average molecular weight is 664 g/mol. The average Bonchev–Trinajstić information content (AvgIpc) is 3.08. The van der Waals surface area contributed by atoms with E-state index in [9.17, 15) is 9.59 Å². The molecule has 0 aromatic carbocycles. The molecule has 0 radical (unpaired) electrons. The van der Waals surface area contributed by atoms with Gasteiger partial charge in [0.15, 0.2) is 0 Å². The van der Waals surface area contributed by atoms with Crippen LogP contribution in [0.2, 0.25) is 0 Å². The molecule has 0 aliphatic heterocycles. The molecule has 0 unspecified atom stereocenters. The van der Waals surface area contributed by atoms with Gasteiger partial charge in [-0.1, -0.05) is 155 Å². The van der Waals surface area contributed by atoms with Crippen LogP contribution in [0, 0.1) is 0 Å². The highest BCUT2D eigenvalue weighted by Crippen LogP contribution is 2.20. The number of carbonyl (C=O) groups is 2. The monoisotopic (exact) mass is 664 g/mol. The van der Waals surface area contributed by atoms with Crippen molar-refractivity contribution in [1.82, 2.24) is 4.90 Å². The van der Waals surface area contributed by atoms with Crippen LogP contribution >= 0.6 is 0 Å². The lowest BCUT2D eigenvalue weighted by Gasteiger charge is -2.20. The molecule has 0 amide bonds. The van der Waals surface area contributed by atoms with E-state index < -0.39 is 0 Å². The number of nitrogens with zero attached hydrogens (tertiary/aromatic N) is 1. The Morgan fingerprint density at radius 2 is 0.894 bits per heavy atom. The summed E-state index contributed by atoms with van der Waals surface area (Å²) in [4.78, 5) is 27.1. The fraction of sp³-hybridized carbons (Fsp3) is 0.952. The summed E-state index contributed by atoms with van der Waals surface area (Å²) in [5.74, 6) is 0.0408. The molecule has 0 aromatic heterocycles. The van der Waals surface area contributed by atoms with Gasteiger partial charge in [0.1, 0.15) is 6.10 Å². The maximum atomic E-state index is 12.6. The zero-order valence-electron chi connectivity index (χ0n) is 31.8. The van der Waals surface area contributed by atoms with Gasteiger partial charge in [-0.3, -0.25) is 9.59 Å². The van der Waals surface area contributed by atoms with Crippen molar-refractivity contribution in [3.63, 3.8) is 0 Å². The quantitative estimate of drug-likeness (QED) is 0.0681. The lowest BCUT2D eigenvalue weighted by molar-refractivity contribution is -0.150. The van der Waals surface area contributed by atoms with Crippen molar-refractivity contribution in [2.75, 3.05) is 26.2 Å². The van der Waals surface area contributed by atoms with E-state index in [0.717, 1.165) is 51.5 Å². The predicted octanol–water partition coefficient (Wildman–Crippen LogP) is 12.7. The summed E-state index contributed by atoms with van der Waals surface area (Å²) in [6.45, 7) is 8.62. The van der Waals surface area contributed by atoms with Crippen molar-refractivity contribution in [3.8, 4) is 0 Å². The van der Waals surface area contributed by atoms with E-state index in [1.165, 1.54) is 167 Å². The first-order valence-corrected chi connectivity index (χ1v) is 21.2. The molecule has 47 heavy (non-hydrogen) atoms. The molecular weight excluding hydrogens is 582 g/mol. The first kappa shape index (κ1) is 43.9. The number of esters is 2. The van der Waals surface area contributed by atoms with Crippen LogP contribution in [0.4, 0.5) is 0 Å². The molecule has 0 N–H and O–H groups in total. The molecule has 0 aromatic rings. The highest BCUT2D eigenvalue weighted by Gasteiger charge is 2.14. The summed E-state index contributed by atoms with van der Waals surface area (Å²) in [5, 5.41) is 0. The number of rotatable bonds is 26. The van der Waals surface area contributed by atoms with Crippen LogP contribution in [0.5, 0.6) is 0 Å². The van der Waals surface area contributed by atoms with E-state index in [1.807, 2.05) is 0 Å². The van der Waals surface area contributed by atoms with Gasteiger partial charge in [-0.15, -0.1) is 0 Å². The molecule has 278 valence electrons. The van der Waals surface area contributed by atoms with E-state index in [4.69, 9.17) is 9.47 Å². The van der Waals surface area contributed by atoms with Crippen LogP contribution in [0.3, 0.4) is 0 Å². The number of hydrogen-bond acceptors (Lipinski definition) is 5. The third kappa shape index (κ3) is 30.7. The second kappa shape index (κ2) is 34.8. The topological polar surface area (TPSA) is 55.8 Å². The summed E-state index contributed by atoms with van der Waals surface area (Å²) >= 11 is 0. The molecule has 0 heterocycles. The second-order valence-corrected chi connectivity index (χ2v) is 14.7. The molecule has 0 atom stereocenters. The minimum Gasteiger partial charge on any atom is -0.466 e. The first-order chi connectivity index (χ1) is 23.2. The summed E-state index contributed by atoms with van der Waals surface area (Å²) in [6.07, 6.45) is 40.0. The third-order valence-corrected chi connectivity index (χ3v) is 10.3. The molecule has 1 rings (SSSR count). The third-order valence-electron chi connectivity index (χ3n) is 10.3. The fourth-order valence-corrected chi connectivity index (χ4v) is 7.03. The van der Waals surface area contributed by atoms with Gasteiger partial charge in [0.05, 0.1) is 6.61 Å². The van der Waals surface area contributed by atoms with Gasteiger partial charge in [0.25, 0.3) is 0 Å². The van der Waals surface area contributed by atoms with E-state index in [-0.39, 0.29) is 18.0 Å². The van der Waals surface area contributed by atoms with E-state index in [0.29, 0.717) is 19.4 Å². The Kier molecular flexibility index (Phi) is 32.5. The second-order valence-electron chi connectivity index (χ2n) is 14.7. The smallest absolute Gasteiger partial charge is 0.306 e. The molecule has 1 saturated carbocycles. The van der Waals surface area contributed by atoms with E-state index in [1.54, 1.807) is 0 Å². The van der Waals surface area contributed by atoms with Crippen LogP contribution in [-0.2, 0) is 19.1 Å². The first-order valence-electron chi connectivity index (χ1n) is 21.2. The van der Waals surface area contributed by atoms with Gasteiger partial charge in [0, 0.05) is 12.8 Å². The maximum absolute atomic E-state index is 12.6. The Hall–Kier alpha value is -1.10. The van der Waals surface area contributed by atoms with E-state index >= 15 is 0 Å². The molecule has 5 heteroatoms. The lowest BCUT2D eigenvalue weighted by atomic mass is 10.0. The molecule has 0 saturated heterocycles. The van der Waals surface area contributed by atoms with Crippen molar-refractivity contribution in [2.45, 2.75) is 232 Å². The Morgan fingerprint density at radius 3 is 1.38 bits per heavy atom. The van der Waals surface area contributed by atoms with Crippen LogP contribution in [0.1, 0.15) is 226 Å². The van der Waals surface area contributed by atoms with Crippen LogP contribution in [0.25, 0.3) is 0 Å². The van der Waals surface area contributed by atoms with Gasteiger partial charge in [-0.05, 0) is 77.4 Å². The normalized spacial score (nSPS) is 16.1. The van der Waals surface area contributed by atoms with Crippen LogP contribution in [-0.4, -0.2) is 49.2 Å². The molecule has 1 aliphatic rings. The zero-order chi connectivity index (χ0) is 33.9. The molecule has 1 aliphatic carbocycles. The predicted molar refractivity (Wildman–Crippen MR) is 201 cm³/mol. The molecule has 5 nitrogen and oxygen atoms in total. The Bertz CT molecular complexity index is 668. The number of ether oxygens (including phenoxy) is 2. The van der Waals surface area contributed by atoms with Gasteiger partial charge in [0.2, 0.25) is 0 Å². The lowest BCUT2D eigenvalue weighted by Crippen LogP contribution is -2.25. The summed E-state index contributed by atoms with van der Waals surface area (Å²) in [5.41, 5.74) is 0. The molecule has 1 fully saturated rings. The van der Waals surface area contributed by atoms with Gasteiger partial charge in [-0.25, -0.2) is 0 Å². The zero-order valence-corrected chi connectivity index (χ0v) is 31.8. The molecule has 0 bridgehead atoms. The van der Waals surface area contributed by atoms with Crippen molar-refractivity contribution in [3.05, 3.63) is 0 Å². The van der Waals surface area contributed by atoms with Crippen molar-refractivity contribution in [2.24, 2.45) is 0 Å². The van der Waals surface area contributed by atoms with Gasteiger partial charge >= 0.3 is 11.9 Å². The largest absolute Gasteiger partial charge is 0.466 e. The Balaban J connectivity index is 1.98. The summed E-state index contributed by atoms with van der Waals surface area (Å²) in [7, 11) is 0. The fourth-order valence-electron chi connectivity index (χ4n) is 7.03. The van der Waals surface area contributed by atoms with E-state index in [2.05, 4.69) is 18.7 Å². The summed E-state index contributed by atoms with van der Waals surface area (Å²) in [6, 6.07) is 0. The number of carbonyl (C=O) groups excluding carboxylic acids is 2. The minimum atomic E-state index is -0.00435. The van der Waals surface area contributed by atoms with Gasteiger partial charge < -0.3 is 14.4 Å². The number of hydrogen-bond donors (Lipinski definition) is 0. The number of unbranched alkanes of at least 4 members (excludes halogenated alkanes) is 14. The molecular formula is C42H81NO4. The summed E-state index contributed by atoms with van der Waals surface area (Å²) < 4.78 is 11.4. The minimum absolute atomic E-state index is 0.00435. The Labute approximate surface area is 293 Å². The van der Waals surface area contributed by atoms with Crippen LogP contribution in [0.15, 0.2) is 0 Å². The highest BCUT2D eigenvalue weighted by atomic mass is 16.5. The molecule has 0 spiro atoms. The Morgan fingerprint density at radius 1 is 0.489 bits per heavy atom. The van der Waals surface area contributed by atoms with Crippen molar-refractivity contribution < 1.29 is 19.1 Å². The standard InChI is InChI=1S/C42H81NO4/c1-3-5-6-7-16-25-32-39-46-41(44)35-28-21-17-23-30-37-43(4-2)38-31-24-18-22-29-36-42(45)47-40-33-26-19-14-12-10-8-9-11-13-15-20-27-34-40/h40H,3-39H2,1-2H3. The van der Waals surface area contributed by atoms with Crippen molar-refractivity contribution in [1.29, 1.82) is 0 Å². The SMILES string of the molecule is CCCCCCCCCOC(=O)CCCCCCCN(CC)CCCCCCCC(=O)OC1CCCCCCCCCCCCCC1.